The minimum absolute atomic E-state index is 0.132. The molecular formula is C30H38N6O6. The molecule has 0 unspecified atom stereocenters. The molecule has 0 spiro atoms. The number of carbonyl (C=O) groups excluding carboxylic acids is 6. The molecule has 6 N–H and O–H groups in total. The van der Waals surface area contributed by atoms with E-state index in [1.807, 2.05) is 0 Å². The fourth-order valence-corrected chi connectivity index (χ4v) is 4.19. The zero-order valence-corrected chi connectivity index (χ0v) is 24.2. The molecule has 0 atom stereocenters. The number of hydrogen-bond donors (Lipinski definition) is 6. The van der Waals surface area contributed by atoms with Gasteiger partial charge in [0.05, 0.1) is 0 Å². The number of hydrazine groups is 2. The predicted octanol–water partition coefficient (Wildman–Crippen LogP) is 2.90. The van der Waals surface area contributed by atoms with Crippen LogP contribution in [0.3, 0.4) is 0 Å². The van der Waals surface area contributed by atoms with Crippen molar-refractivity contribution in [2.24, 2.45) is 23.7 Å². The molecule has 0 saturated heterocycles. The van der Waals surface area contributed by atoms with Gasteiger partial charge in [-0.05, 0) is 74.2 Å². The van der Waals surface area contributed by atoms with Gasteiger partial charge in [-0.3, -0.25) is 50.5 Å². The highest BCUT2D eigenvalue weighted by Crippen LogP contribution is 2.29. The molecule has 1 fully saturated rings. The number of nitrogens with one attached hydrogen (secondary N) is 6. The van der Waals surface area contributed by atoms with Crippen LogP contribution < -0.4 is 32.3 Å². The highest BCUT2D eigenvalue weighted by Gasteiger charge is 2.30. The van der Waals surface area contributed by atoms with Gasteiger partial charge >= 0.3 is 0 Å². The van der Waals surface area contributed by atoms with Crippen LogP contribution >= 0.6 is 0 Å². The van der Waals surface area contributed by atoms with Crippen molar-refractivity contribution in [3.05, 3.63) is 59.7 Å². The third kappa shape index (κ3) is 9.15. The number of benzene rings is 2. The molecule has 2 aromatic rings. The monoisotopic (exact) mass is 578 g/mol. The van der Waals surface area contributed by atoms with Gasteiger partial charge in [-0.15, -0.1) is 0 Å². The first kappa shape index (κ1) is 31.8. The fraction of sp³-hybridized carbons (Fsp3) is 0.400. The molecule has 0 radical (unpaired) electrons. The van der Waals surface area contributed by atoms with Crippen molar-refractivity contribution in [1.82, 2.24) is 21.7 Å². The number of hydrogen-bond acceptors (Lipinski definition) is 6. The standard InChI is InChI=1S/C30H38N6O6/c1-17(2)25(37)31-23-13-9-21(10-14-23)29(41)35-33-27(39)19-5-7-20(8-6-19)28(40)34-36-30(42)22-11-15-24(16-12-22)32-26(38)18(3)4/h9-20H,5-8H2,1-4H3,(H,31,37)(H,32,38)(H,33,39)(H,34,40)(H,35,41)(H,36,42). The maximum Gasteiger partial charge on any atom is 0.269 e. The molecule has 1 aliphatic rings. The molecule has 0 bridgehead atoms. The highest BCUT2D eigenvalue weighted by molar-refractivity contribution is 5.98. The fourth-order valence-electron chi connectivity index (χ4n) is 4.19. The summed E-state index contributed by atoms with van der Waals surface area (Å²) in [6.07, 6.45) is 1.78. The number of amides is 6. The van der Waals surface area contributed by atoms with E-state index in [0.717, 1.165) is 0 Å². The number of anilines is 2. The lowest BCUT2D eigenvalue weighted by atomic mass is 9.81. The van der Waals surface area contributed by atoms with Gasteiger partial charge < -0.3 is 10.6 Å². The van der Waals surface area contributed by atoms with E-state index in [1.54, 1.807) is 76.2 Å². The number of carbonyl (C=O) groups is 6. The van der Waals surface area contributed by atoms with Crippen molar-refractivity contribution in [1.29, 1.82) is 0 Å². The summed E-state index contributed by atoms with van der Waals surface area (Å²) in [5.41, 5.74) is 11.5. The first-order valence-electron chi connectivity index (χ1n) is 14.0. The Kier molecular flexibility index (Phi) is 11.2. The van der Waals surface area contributed by atoms with Crippen molar-refractivity contribution in [2.45, 2.75) is 53.4 Å². The van der Waals surface area contributed by atoms with E-state index in [1.165, 1.54) is 0 Å². The molecule has 3 rings (SSSR count). The molecule has 6 amide bonds. The van der Waals surface area contributed by atoms with Crippen LogP contribution in [0.5, 0.6) is 0 Å². The molecule has 12 heteroatoms. The SMILES string of the molecule is CC(C)C(=O)Nc1ccc(C(=O)NNC(=O)C2CCC(C(=O)NNC(=O)c3ccc(NC(=O)C(C)C)cc3)CC2)cc1. The van der Waals surface area contributed by atoms with Crippen LogP contribution in [0, 0.1) is 23.7 Å². The average Bonchev–Trinajstić information content (AvgIpc) is 2.98. The van der Waals surface area contributed by atoms with Crippen LogP contribution in [0.1, 0.15) is 74.1 Å². The molecule has 0 aliphatic heterocycles. The van der Waals surface area contributed by atoms with Crippen molar-refractivity contribution in [3.8, 4) is 0 Å². The van der Waals surface area contributed by atoms with Crippen LogP contribution in [0.15, 0.2) is 48.5 Å². The van der Waals surface area contributed by atoms with Gasteiger partial charge in [0.2, 0.25) is 23.6 Å². The van der Waals surface area contributed by atoms with Crippen LogP contribution in [-0.2, 0) is 19.2 Å². The lowest BCUT2D eigenvalue weighted by Crippen LogP contribution is -2.47. The lowest BCUT2D eigenvalue weighted by Gasteiger charge is -2.27. The average molecular weight is 579 g/mol. The third-order valence-electron chi connectivity index (χ3n) is 6.95. The predicted molar refractivity (Wildman–Crippen MR) is 156 cm³/mol. The second-order valence-corrected chi connectivity index (χ2v) is 10.9. The van der Waals surface area contributed by atoms with E-state index >= 15 is 0 Å². The van der Waals surface area contributed by atoms with E-state index in [4.69, 9.17) is 0 Å². The molecular weight excluding hydrogens is 540 g/mol. The summed E-state index contributed by atoms with van der Waals surface area (Å²) in [5, 5.41) is 5.48. The summed E-state index contributed by atoms with van der Waals surface area (Å²) in [7, 11) is 0. The summed E-state index contributed by atoms with van der Waals surface area (Å²) in [6.45, 7) is 7.12. The van der Waals surface area contributed by atoms with Gasteiger partial charge in [0.25, 0.3) is 11.8 Å². The largest absolute Gasteiger partial charge is 0.326 e. The van der Waals surface area contributed by atoms with Crippen molar-refractivity contribution >= 4 is 46.8 Å². The second-order valence-electron chi connectivity index (χ2n) is 10.9. The summed E-state index contributed by atoms with van der Waals surface area (Å²) in [4.78, 5) is 73.6. The summed E-state index contributed by atoms with van der Waals surface area (Å²) < 4.78 is 0. The van der Waals surface area contributed by atoms with E-state index in [-0.39, 0.29) is 47.3 Å². The van der Waals surface area contributed by atoms with Crippen molar-refractivity contribution in [2.75, 3.05) is 10.6 Å². The van der Waals surface area contributed by atoms with Crippen LogP contribution in [0.2, 0.25) is 0 Å². The van der Waals surface area contributed by atoms with Crippen molar-refractivity contribution in [3.63, 3.8) is 0 Å². The molecule has 224 valence electrons. The van der Waals surface area contributed by atoms with Gasteiger partial charge in [0, 0.05) is 46.2 Å². The van der Waals surface area contributed by atoms with Gasteiger partial charge in [-0.25, -0.2) is 0 Å². The van der Waals surface area contributed by atoms with Gasteiger partial charge in [0.15, 0.2) is 0 Å². The molecule has 12 nitrogen and oxygen atoms in total. The Balaban J connectivity index is 1.37. The number of rotatable bonds is 8. The van der Waals surface area contributed by atoms with E-state index in [2.05, 4.69) is 32.3 Å². The van der Waals surface area contributed by atoms with Crippen molar-refractivity contribution < 1.29 is 28.8 Å². The Labute approximate surface area is 244 Å². The van der Waals surface area contributed by atoms with Crippen LogP contribution in [0.4, 0.5) is 11.4 Å². The van der Waals surface area contributed by atoms with Crippen LogP contribution in [-0.4, -0.2) is 35.4 Å². The van der Waals surface area contributed by atoms with Crippen LogP contribution in [0.25, 0.3) is 0 Å². The first-order valence-corrected chi connectivity index (χ1v) is 14.0. The summed E-state index contributed by atoms with van der Waals surface area (Å²) in [5.74, 6) is -3.02. The second kappa shape index (κ2) is 14.8. The van der Waals surface area contributed by atoms with Gasteiger partial charge in [-0.2, -0.15) is 0 Å². The molecule has 0 aromatic heterocycles. The lowest BCUT2D eigenvalue weighted by molar-refractivity contribution is -0.131. The smallest absolute Gasteiger partial charge is 0.269 e. The molecule has 1 saturated carbocycles. The molecule has 1 aliphatic carbocycles. The van der Waals surface area contributed by atoms with E-state index in [0.29, 0.717) is 48.2 Å². The zero-order valence-electron chi connectivity index (χ0n) is 24.2. The third-order valence-corrected chi connectivity index (χ3v) is 6.95. The highest BCUT2D eigenvalue weighted by atomic mass is 16.2. The minimum atomic E-state index is -0.496. The Bertz CT molecular complexity index is 1200. The molecule has 0 heterocycles. The molecule has 2 aromatic carbocycles. The summed E-state index contributed by atoms with van der Waals surface area (Å²) >= 11 is 0. The normalized spacial score (nSPS) is 16.2. The topological polar surface area (TPSA) is 175 Å². The zero-order chi connectivity index (χ0) is 30.8. The first-order chi connectivity index (χ1) is 19.9. The summed E-state index contributed by atoms with van der Waals surface area (Å²) in [6, 6.07) is 12.6. The maximum absolute atomic E-state index is 12.6. The quantitative estimate of drug-likeness (QED) is 0.263. The maximum atomic E-state index is 12.6. The Morgan fingerprint density at radius 2 is 0.833 bits per heavy atom. The Hall–Kier alpha value is -4.74. The Morgan fingerprint density at radius 1 is 0.524 bits per heavy atom. The van der Waals surface area contributed by atoms with Gasteiger partial charge in [-0.1, -0.05) is 27.7 Å². The molecule has 42 heavy (non-hydrogen) atoms. The van der Waals surface area contributed by atoms with E-state index in [9.17, 15) is 28.8 Å². The minimum Gasteiger partial charge on any atom is -0.326 e. The van der Waals surface area contributed by atoms with Gasteiger partial charge in [0.1, 0.15) is 0 Å². The van der Waals surface area contributed by atoms with E-state index < -0.39 is 11.8 Å². The Morgan fingerprint density at radius 3 is 1.12 bits per heavy atom.